The molecule has 25 heavy (non-hydrogen) atoms. The summed E-state index contributed by atoms with van der Waals surface area (Å²) in [4.78, 5) is 28.5. The first-order chi connectivity index (χ1) is 11.5. The number of unbranched alkanes of at least 4 members (excludes halogenated alkanes) is 1. The van der Waals surface area contributed by atoms with Gasteiger partial charge in [-0.1, -0.05) is 12.5 Å². The molecular weight excluding hydrogens is 318 g/mol. The van der Waals surface area contributed by atoms with Crippen molar-refractivity contribution in [1.29, 1.82) is 0 Å². The summed E-state index contributed by atoms with van der Waals surface area (Å²) in [5, 5.41) is 0. The van der Waals surface area contributed by atoms with Crippen molar-refractivity contribution in [3.05, 3.63) is 11.8 Å². The van der Waals surface area contributed by atoms with Crippen LogP contribution in [0.4, 0.5) is 0 Å². The second kappa shape index (κ2) is 9.16. The maximum Gasteiger partial charge on any atom is 0.309 e. The van der Waals surface area contributed by atoms with Crippen LogP contribution >= 0.6 is 0 Å². The lowest BCUT2D eigenvalue weighted by Gasteiger charge is -2.24. The Morgan fingerprint density at radius 3 is 2.24 bits per heavy atom. The van der Waals surface area contributed by atoms with Crippen LogP contribution in [-0.2, 0) is 19.1 Å². The fourth-order valence-electron chi connectivity index (χ4n) is 2.54. The van der Waals surface area contributed by atoms with Crippen LogP contribution in [0.15, 0.2) is 16.8 Å². The van der Waals surface area contributed by atoms with Crippen molar-refractivity contribution in [2.24, 2.45) is 10.9 Å². The molecule has 1 rings (SSSR count). The van der Waals surface area contributed by atoms with Gasteiger partial charge in [-0.15, -0.1) is 0 Å². The van der Waals surface area contributed by atoms with E-state index in [9.17, 15) is 9.59 Å². The van der Waals surface area contributed by atoms with Gasteiger partial charge in [0.25, 0.3) is 0 Å². The van der Waals surface area contributed by atoms with Gasteiger partial charge in [-0.05, 0) is 54.4 Å². The number of hydrogen-bond donors (Lipinski definition) is 0. The summed E-state index contributed by atoms with van der Waals surface area (Å²) in [5.74, 6) is -0.600. The summed E-state index contributed by atoms with van der Waals surface area (Å²) >= 11 is 0. The summed E-state index contributed by atoms with van der Waals surface area (Å²) in [6.45, 7) is 11.2. The van der Waals surface area contributed by atoms with Gasteiger partial charge in [-0.3, -0.25) is 14.6 Å². The van der Waals surface area contributed by atoms with Crippen molar-refractivity contribution in [2.75, 3.05) is 0 Å². The lowest BCUT2D eigenvalue weighted by molar-refractivity contribution is -0.160. The van der Waals surface area contributed by atoms with Crippen LogP contribution in [0.5, 0.6) is 0 Å². The van der Waals surface area contributed by atoms with E-state index in [2.05, 4.69) is 4.99 Å². The number of esters is 2. The fourth-order valence-corrected chi connectivity index (χ4v) is 2.54. The molecule has 1 heterocycles. The molecule has 0 amide bonds. The highest BCUT2D eigenvalue weighted by Gasteiger charge is 2.26. The van der Waals surface area contributed by atoms with Crippen LogP contribution in [0.25, 0.3) is 0 Å². The predicted octanol–water partition coefficient (Wildman–Crippen LogP) is 4.59. The van der Waals surface area contributed by atoms with Gasteiger partial charge < -0.3 is 9.47 Å². The lowest BCUT2D eigenvalue weighted by atomic mass is 9.95. The molecule has 0 radical (unpaired) electrons. The van der Waals surface area contributed by atoms with Gasteiger partial charge in [0.1, 0.15) is 11.2 Å². The number of ether oxygens (including phenoxy) is 2. The van der Waals surface area contributed by atoms with Crippen molar-refractivity contribution in [3.63, 3.8) is 0 Å². The summed E-state index contributed by atoms with van der Waals surface area (Å²) in [6.07, 6.45) is 7.86. The molecule has 0 N–H and O–H groups in total. The average Bonchev–Trinajstić information content (AvgIpc) is 2.91. The third-order valence-electron chi connectivity index (χ3n) is 3.52. The molecule has 1 aliphatic rings. The zero-order chi connectivity index (χ0) is 19.1. The van der Waals surface area contributed by atoms with E-state index < -0.39 is 11.2 Å². The number of aliphatic imine (C=N–C) groups is 1. The first-order valence-corrected chi connectivity index (χ1v) is 9.12. The number of nitrogens with zero attached hydrogens (tertiary/aromatic N) is 1. The maximum atomic E-state index is 12.5. The first kappa shape index (κ1) is 21.4. The molecule has 5 nitrogen and oxygen atoms in total. The first-order valence-electron chi connectivity index (χ1n) is 9.12. The highest BCUT2D eigenvalue weighted by atomic mass is 16.6. The molecule has 0 aliphatic carbocycles. The number of rotatable bonds is 8. The van der Waals surface area contributed by atoms with E-state index in [0.29, 0.717) is 25.7 Å². The maximum absolute atomic E-state index is 12.5. The van der Waals surface area contributed by atoms with Gasteiger partial charge in [0.15, 0.2) is 0 Å². The Morgan fingerprint density at radius 1 is 1.08 bits per heavy atom. The van der Waals surface area contributed by atoms with Crippen molar-refractivity contribution >= 4 is 18.2 Å². The Kier molecular flexibility index (Phi) is 7.84. The highest BCUT2D eigenvalue weighted by molar-refractivity contribution is 5.74. The standard InChI is InChI=1S/C20H33NO4/c1-19(2,3)24-17(22)12-8-7-10-15(14-16-11-9-13-21-16)18(23)25-20(4,5)6/h11,13,15H,7-10,12,14H2,1-6H3. The van der Waals surface area contributed by atoms with Crippen LogP contribution in [0.3, 0.4) is 0 Å². The van der Waals surface area contributed by atoms with E-state index in [1.165, 1.54) is 0 Å². The third-order valence-corrected chi connectivity index (χ3v) is 3.52. The molecule has 0 aromatic rings. The Balaban J connectivity index is 2.48. The zero-order valence-corrected chi connectivity index (χ0v) is 16.6. The van der Waals surface area contributed by atoms with Crippen molar-refractivity contribution in [1.82, 2.24) is 0 Å². The number of allylic oxidation sites excluding steroid dienone is 2. The van der Waals surface area contributed by atoms with E-state index in [4.69, 9.17) is 9.47 Å². The second-order valence-electron chi connectivity index (χ2n) is 8.51. The quantitative estimate of drug-likeness (QED) is 0.474. The molecule has 1 aliphatic heterocycles. The highest BCUT2D eigenvalue weighted by Crippen LogP contribution is 2.25. The normalized spacial score (nSPS) is 15.7. The number of carbonyl (C=O) groups excluding carboxylic acids is 2. The summed E-state index contributed by atoms with van der Waals surface area (Å²) in [5.41, 5.74) is -0.00887. The summed E-state index contributed by atoms with van der Waals surface area (Å²) in [7, 11) is 0. The topological polar surface area (TPSA) is 65.0 Å². The van der Waals surface area contributed by atoms with Crippen LogP contribution in [-0.4, -0.2) is 29.4 Å². The van der Waals surface area contributed by atoms with Crippen LogP contribution < -0.4 is 0 Å². The van der Waals surface area contributed by atoms with Gasteiger partial charge in [0, 0.05) is 31.2 Å². The Bertz CT molecular complexity index is 521. The lowest BCUT2D eigenvalue weighted by Crippen LogP contribution is -2.29. The molecular formula is C20H33NO4. The summed E-state index contributed by atoms with van der Waals surface area (Å²) < 4.78 is 10.9. The van der Waals surface area contributed by atoms with Gasteiger partial charge in [0.05, 0.1) is 5.92 Å². The van der Waals surface area contributed by atoms with Crippen LogP contribution in [0.1, 0.15) is 80.1 Å². The van der Waals surface area contributed by atoms with Crippen molar-refractivity contribution in [2.45, 2.75) is 91.3 Å². The van der Waals surface area contributed by atoms with Gasteiger partial charge in [-0.2, -0.15) is 0 Å². The van der Waals surface area contributed by atoms with E-state index >= 15 is 0 Å². The smallest absolute Gasteiger partial charge is 0.309 e. The largest absolute Gasteiger partial charge is 0.460 e. The van der Waals surface area contributed by atoms with E-state index in [1.54, 1.807) is 0 Å². The summed E-state index contributed by atoms with van der Waals surface area (Å²) in [6, 6.07) is 0. The average molecular weight is 351 g/mol. The minimum atomic E-state index is -0.501. The molecule has 1 atom stereocenters. The molecule has 0 bridgehead atoms. The number of hydrogen-bond acceptors (Lipinski definition) is 5. The van der Waals surface area contributed by atoms with Crippen molar-refractivity contribution in [3.8, 4) is 0 Å². The minimum absolute atomic E-state index is 0.187. The number of carbonyl (C=O) groups is 2. The zero-order valence-electron chi connectivity index (χ0n) is 16.6. The molecule has 0 fully saturated rings. The molecule has 0 aromatic heterocycles. The molecule has 142 valence electrons. The molecule has 0 aromatic carbocycles. The Morgan fingerprint density at radius 2 is 1.72 bits per heavy atom. The molecule has 0 saturated carbocycles. The van der Waals surface area contributed by atoms with Crippen LogP contribution in [0, 0.1) is 5.92 Å². The molecule has 1 unspecified atom stereocenters. The van der Waals surface area contributed by atoms with E-state index in [1.807, 2.05) is 53.8 Å². The Hall–Kier alpha value is -1.65. The minimum Gasteiger partial charge on any atom is -0.460 e. The van der Waals surface area contributed by atoms with Gasteiger partial charge in [0.2, 0.25) is 0 Å². The Labute approximate surface area is 151 Å². The molecule has 0 spiro atoms. The van der Waals surface area contributed by atoms with E-state index in [0.717, 1.165) is 18.5 Å². The second-order valence-corrected chi connectivity index (χ2v) is 8.51. The van der Waals surface area contributed by atoms with E-state index in [-0.39, 0.29) is 17.9 Å². The monoisotopic (exact) mass is 351 g/mol. The van der Waals surface area contributed by atoms with Crippen molar-refractivity contribution < 1.29 is 19.1 Å². The van der Waals surface area contributed by atoms with Crippen LogP contribution in [0.2, 0.25) is 0 Å². The third kappa shape index (κ3) is 10.0. The fraction of sp³-hybridized carbons (Fsp3) is 0.750. The molecule has 5 heteroatoms. The van der Waals surface area contributed by atoms with Gasteiger partial charge in [-0.25, -0.2) is 0 Å². The predicted molar refractivity (Wildman–Crippen MR) is 99.5 cm³/mol. The molecule has 0 saturated heterocycles. The van der Waals surface area contributed by atoms with Gasteiger partial charge >= 0.3 is 11.9 Å². The SMILES string of the molecule is CC(C)(C)OC(=O)CCCCC(CC1=CCC=N1)C(=O)OC(C)(C)C.